The van der Waals surface area contributed by atoms with Gasteiger partial charge in [0.15, 0.2) is 0 Å². The van der Waals surface area contributed by atoms with Crippen LogP contribution in [0, 0.1) is 0 Å². The number of nitrogens with zero attached hydrogens (tertiary/aromatic N) is 3. The number of fused-ring (bicyclic) bond motifs is 2. The van der Waals surface area contributed by atoms with E-state index < -0.39 is 0 Å². The van der Waals surface area contributed by atoms with Crippen molar-refractivity contribution in [1.29, 1.82) is 0 Å². The summed E-state index contributed by atoms with van der Waals surface area (Å²) in [6, 6.07) is 7.69. The third kappa shape index (κ3) is 2.42. The maximum absolute atomic E-state index is 12.5. The van der Waals surface area contributed by atoms with Crippen LogP contribution in [0.1, 0.15) is 0 Å². The van der Waals surface area contributed by atoms with Gasteiger partial charge in [0, 0.05) is 21.9 Å². The number of benzene rings is 2. The first-order valence-electron chi connectivity index (χ1n) is 7.97. The molecular weight excluding hydrogens is 384 g/mol. The highest BCUT2D eigenvalue weighted by Gasteiger charge is 2.19. The van der Waals surface area contributed by atoms with Crippen molar-refractivity contribution in [3.8, 4) is 21.7 Å². The standard InChI is InChI=1S/C18H11ClN6OS/c19-13-6-27-18(24-13)10-4-9(8-2-1-3-12-11(8)5-23-25-12)15(20)14-16(10)21-7-22-17(14)26/h1-7H,20H2,(H,23,25)(H,21,22,26). The normalized spacial score (nSPS) is 11.4. The molecule has 3 aromatic heterocycles. The average molecular weight is 395 g/mol. The Morgan fingerprint density at radius 1 is 1.19 bits per heavy atom. The number of halogens is 1. The molecule has 5 aromatic rings. The van der Waals surface area contributed by atoms with Crippen LogP contribution in [0.5, 0.6) is 0 Å². The minimum atomic E-state index is -0.303. The molecule has 0 saturated heterocycles. The zero-order valence-electron chi connectivity index (χ0n) is 13.7. The van der Waals surface area contributed by atoms with Crippen LogP contribution in [0.2, 0.25) is 5.15 Å². The summed E-state index contributed by atoms with van der Waals surface area (Å²) in [5, 5.41) is 11.1. The molecule has 0 aliphatic carbocycles. The first-order valence-corrected chi connectivity index (χ1v) is 9.23. The third-order valence-electron chi connectivity index (χ3n) is 4.44. The molecule has 9 heteroatoms. The minimum absolute atomic E-state index is 0.303. The fourth-order valence-corrected chi connectivity index (χ4v) is 4.21. The summed E-state index contributed by atoms with van der Waals surface area (Å²) in [5.41, 5.74) is 10.2. The molecule has 0 fully saturated rings. The molecule has 0 aliphatic heterocycles. The van der Waals surface area contributed by atoms with Crippen molar-refractivity contribution in [3.63, 3.8) is 0 Å². The molecule has 0 atom stereocenters. The van der Waals surface area contributed by atoms with Crippen molar-refractivity contribution < 1.29 is 0 Å². The third-order valence-corrected chi connectivity index (χ3v) is 5.64. The number of anilines is 1. The zero-order valence-corrected chi connectivity index (χ0v) is 15.2. The van der Waals surface area contributed by atoms with E-state index in [4.69, 9.17) is 17.3 Å². The maximum atomic E-state index is 12.5. The molecule has 0 spiro atoms. The second-order valence-electron chi connectivity index (χ2n) is 5.95. The van der Waals surface area contributed by atoms with Crippen molar-refractivity contribution in [1.82, 2.24) is 25.1 Å². The first kappa shape index (κ1) is 16.0. The summed E-state index contributed by atoms with van der Waals surface area (Å²) < 4.78 is 0. The number of hydrogen-bond donors (Lipinski definition) is 3. The Balaban J connectivity index is 1.94. The van der Waals surface area contributed by atoms with Crippen LogP contribution in [0.25, 0.3) is 43.5 Å². The molecule has 4 N–H and O–H groups in total. The van der Waals surface area contributed by atoms with Gasteiger partial charge in [-0.05, 0) is 17.7 Å². The predicted octanol–water partition coefficient (Wildman–Crippen LogP) is 3.83. The Labute approximate surface area is 160 Å². The number of hydrogen-bond acceptors (Lipinski definition) is 6. The lowest BCUT2D eigenvalue weighted by Crippen LogP contribution is -2.10. The van der Waals surface area contributed by atoms with Gasteiger partial charge in [-0.1, -0.05) is 23.7 Å². The maximum Gasteiger partial charge on any atom is 0.260 e. The van der Waals surface area contributed by atoms with Crippen LogP contribution in [0.3, 0.4) is 0 Å². The fraction of sp³-hybridized carbons (Fsp3) is 0. The lowest BCUT2D eigenvalue weighted by Gasteiger charge is -2.12. The van der Waals surface area contributed by atoms with E-state index in [1.165, 1.54) is 17.7 Å². The van der Waals surface area contributed by atoms with Gasteiger partial charge < -0.3 is 10.7 Å². The molecule has 0 bridgehead atoms. The number of aromatic nitrogens is 5. The van der Waals surface area contributed by atoms with E-state index in [9.17, 15) is 4.79 Å². The summed E-state index contributed by atoms with van der Waals surface area (Å²) in [7, 11) is 0. The largest absolute Gasteiger partial charge is 0.398 e. The first-order chi connectivity index (χ1) is 13.1. The van der Waals surface area contributed by atoms with E-state index in [-0.39, 0.29) is 5.56 Å². The van der Waals surface area contributed by atoms with Crippen molar-refractivity contribution in [2.75, 3.05) is 5.73 Å². The van der Waals surface area contributed by atoms with Crippen molar-refractivity contribution in [2.45, 2.75) is 0 Å². The van der Waals surface area contributed by atoms with Gasteiger partial charge in [0.2, 0.25) is 0 Å². The zero-order chi connectivity index (χ0) is 18.5. The number of nitrogen functional groups attached to an aromatic ring is 1. The Kier molecular flexibility index (Phi) is 3.49. The van der Waals surface area contributed by atoms with E-state index in [1.54, 1.807) is 11.6 Å². The monoisotopic (exact) mass is 394 g/mol. The lowest BCUT2D eigenvalue weighted by atomic mass is 9.95. The van der Waals surface area contributed by atoms with E-state index in [1.807, 2.05) is 24.3 Å². The van der Waals surface area contributed by atoms with Crippen LogP contribution in [0.15, 0.2) is 47.0 Å². The Morgan fingerprint density at radius 2 is 2.07 bits per heavy atom. The molecule has 2 aromatic carbocycles. The van der Waals surface area contributed by atoms with E-state index in [0.29, 0.717) is 37.9 Å². The summed E-state index contributed by atoms with van der Waals surface area (Å²) >= 11 is 7.40. The van der Waals surface area contributed by atoms with E-state index in [2.05, 4.69) is 25.1 Å². The van der Waals surface area contributed by atoms with E-state index in [0.717, 1.165) is 16.5 Å². The quantitative estimate of drug-likeness (QED) is 0.394. The van der Waals surface area contributed by atoms with Gasteiger partial charge in [0.25, 0.3) is 5.56 Å². The van der Waals surface area contributed by atoms with Crippen LogP contribution in [0.4, 0.5) is 5.69 Å². The molecular formula is C18H11ClN6OS. The van der Waals surface area contributed by atoms with Crippen LogP contribution in [-0.4, -0.2) is 25.1 Å². The number of H-pyrrole nitrogens is 2. The number of nitrogens with two attached hydrogens (primary N) is 1. The second kappa shape index (κ2) is 5.90. The second-order valence-corrected chi connectivity index (χ2v) is 7.20. The minimum Gasteiger partial charge on any atom is -0.398 e. The molecule has 132 valence electrons. The molecule has 0 aliphatic rings. The van der Waals surface area contributed by atoms with Gasteiger partial charge in [-0.15, -0.1) is 11.3 Å². The topological polar surface area (TPSA) is 113 Å². The smallest absolute Gasteiger partial charge is 0.260 e. The summed E-state index contributed by atoms with van der Waals surface area (Å²) in [4.78, 5) is 23.8. The molecule has 27 heavy (non-hydrogen) atoms. The predicted molar refractivity (Wildman–Crippen MR) is 108 cm³/mol. The number of thiazole rings is 1. The fourth-order valence-electron chi connectivity index (χ4n) is 3.25. The van der Waals surface area contributed by atoms with Crippen LogP contribution < -0.4 is 11.3 Å². The van der Waals surface area contributed by atoms with Gasteiger partial charge in [-0.25, -0.2) is 9.97 Å². The van der Waals surface area contributed by atoms with Gasteiger partial charge in [-0.2, -0.15) is 5.10 Å². The van der Waals surface area contributed by atoms with Crippen molar-refractivity contribution in [2.24, 2.45) is 0 Å². The van der Waals surface area contributed by atoms with Gasteiger partial charge >= 0.3 is 0 Å². The lowest BCUT2D eigenvalue weighted by molar-refractivity contribution is 1.12. The number of aromatic amines is 2. The highest BCUT2D eigenvalue weighted by Crippen LogP contribution is 2.40. The van der Waals surface area contributed by atoms with Crippen LogP contribution >= 0.6 is 22.9 Å². The van der Waals surface area contributed by atoms with E-state index >= 15 is 0 Å². The molecule has 0 saturated carbocycles. The Hall–Kier alpha value is -3.23. The molecule has 0 radical (unpaired) electrons. The van der Waals surface area contributed by atoms with Gasteiger partial charge in [0.05, 0.1) is 34.6 Å². The highest BCUT2D eigenvalue weighted by atomic mass is 35.5. The average Bonchev–Trinajstić information content (AvgIpc) is 3.31. The summed E-state index contributed by atoms with van der Waals surface area (Å²) in [6.07, 6.45) is 3.10. The number of rotatable bonds is 2. The summed E-state index contributed by atoms with van der Waals surface area (Å²) in [5.74, 6) is 0. The Bertz CT molecular complexity index is 1390. The molecule has 0 unspecified atom stereocenters. The number of nitrogens with one attached hydrogen (secondary N) is 2. The molecule has 0 amide bonds. The summed E-state index contributed by atoms with van der Waals surface area (Å²) in [6.45, 7) is 0. The molecule has 3 heterocycles. The Morgan fingerprint density at radius 3 is 2.89 bits per heavy atom. The molecule has 7 nitrogen and oxygen atoms in total. The molecule has 5 rings (SSSR count). The SMILES string of the molecule is Nc1c(-c2cccc3[nH]ncc23)cc(-c2nc(Cl)cs2)c2nc[nH]c(=O)c12. The van der Waals surface area contributed by atoms with Gasteiger partial charge in [0.1, 0.15) is 10.2 Å². The van der Waals surface area contributed by atoms with Crippen molar-refractivity contribution in [3.05, 3.63) is 57.7 Å². The highest BCUT2D eigenvalue weighted by molar-refractivity contribution is 7.13. The van der Waals surface area contributed by atoms with Crippen molar-refractivity contribution >= 4 is 50.4 Å². The van der Waals surface area contributed by atoms with Crippen LogP contribution in [-0.2, 0) is 0 Å². The van der Waals surface area contributed by atoms with Gasteiger partial charge in [-0.3, -0.25) is 9.89 Å².